The molecule has 0 radical (unpaired) electrons. The fourth-order valence-corrected chi connectivity index (χ4v) is 2.85. The maximum atomic E-state index is 5.19. The number of methoxy groups -OCH3 is 1. The van der Waals surface area contributed by atoms with Gasteiger partial charge in [-0.25, -0.2) is 0 Å². The molecule has 3 nitrogen and oxygen atoms in total. The molecule has 2 N–H and O–H groups in total. The first-order chi connectivity index (χ1) is 6.90. The molecule has 0 bridgehead atoms. The van der Waals surface area contributed by atoms with E-state index >= 15 is 0 Å². The van der Waals surface area contributed by atoms with Crippen molar-refractivity contribution in [3.63, 3.8) is 0 Å². The quantitative estimate of drug-likeness (QED) is 0.697. The molecule has 0 aliphatic carbocycles. The molecule has 82 valence electrons. The highest BCUT2D eigenvalue weighted by molar-refractivity contribution is 4.87. The molecule has 0 saturated carbocycles. The molecule has 2 aliphatic heterocycles. The van der Waals surface area contributed by atoms with Gasteiger partial charge in [0.25, 0.3) is 0 Å². The second-order valence-corrected chi connectivity index (χ2v) is 4.64. The van der Waals surface area contributed by atoms with Crippen LogP contribution in [0.25, 0.3) is 0 Å². The van der Waals surface area contributed by atoms with Crippen molar-refractivity contribution in [1.29, 1.82) is 0 Å². The molecule has 2 fully saturated rings. The van der Waals surface area contributed by atoms with E-state index in [2.05, 4.69) is 10.6 Å². The third kappa shape index (κ3) is 2.47. The zero-order chi connectivity index (χ0) is 9.80. The van der Waals surface area contributed by atoms with Crippen LogP contribution in [0, 0.1) is 11.8 Å². The van der Waals surface area contributed by atoms with Crippen LogP contribution in [-0.4, -0.2) is 39.4 Å². The number of ether oxygens (including phenoxy) is 1. The second-order valence-electron chi connectivity index (χ2n) is 4.64. The summed E-state index contributed by atoms with van der Waals surface area (Å²) in [5, 5.41) is 6.99. The monoisotopic (exact) mass is 198 g/mol. The van der Waals surface area contributed by atoms with Crippen LogP contribution in [0.3, 0.4) is 0 Å². The summed E-state index contributed by atoms with van der Waals surface area (Å²) in [6, 6.07) is 0.611. The molecule has 2 unspecified atom stereocenters. The Morgan fingerprint density at radius 2 is 2.00 bits per heavy atom. The molecule has 2 atom stereocenters. The summed E-state index contributed by atoms with van der Waals surface area (Å²) in [6.45, 7) is 4.52. The van der Waals surface area contributed by atoms with Gasteiger partial charge in [-0.05, 0) is 50.7 Å². The maximum Gasteiger partial charge on any atom is 0.0615 e. The zero-order valence-electron chi connectivity index (χ0n) is 9.09. The zero-order valence-corrected chi connectivity index (χ0v) is 9.09. The van der Waals surface area contributed by atoms with Crippen molar-refractivity contribution < 1.29 is 4.74 Å². The first kappa shape index (κ1) is 10.4. The SMILES string of the molecule is COCC1CC(C2CCNCC2)CN1. The Balaban J connectivity index is 1.76. The summed E-state index contributed by atoms with van der Waals surface area (Å²) in [4.78, 5) is 0. The van der Waals surface area contributed by atoms with Crippen LogP contribution in [0.15, 0.2) is 0 Å². The molecule has 2 saturated heterocycles. The molecular weight excluding hydrogens is 176 g/mol. The summed E-state index contributed by atoms with van der Waals surface area (Å²) >= 11 is 0. The fraction of sp³-hybridized carbons (Fsp3) is 1.00. The number of piperidine rings is 1. The maximum absolute atomic E-state index is 5.19. The lowest BCUT2D eigenvalue weighted by molar-refractivity contribution is 0.169. The van der Waals surface area contributed by atoms with Crippen molar-refractivity contribution in [1.82, 2.24) is 10.6 Å². The Hall–Kier alpha value is -0.120. The van der Waals surface area contributed by atoms with E-state index in [4.69, 9.17) is 4.74 Å². The molecule has 0 aromatic heterocycles. The van der Waals surface area contributed by atoms with Gasteiger partial charge in [0.2, 0.25) is 0 Å². The van der Waals surface area contributed by atoms with Crippen LogP contribution in [0.2, 0.25) is 0 Å². The van der Waals surface area contributed by atoms with Crippen LogP contribution < -0.4 is 10.6 Å². The first-order valence-corrected chi connectivity index (χ1v) is 5.83. The van der Waals surface area contributed by atoms with Crippen LogP contribution in [0.5, 0.6) is 0 Å². The lowest BCUT2D eigenvalue weighted by Crippen LogP contribution is -2.32. The van der Waals surface area contributed by atoms with E-state index in [1.165, 1.54) is 38.9 Å². The highest BCUT2D eigenvalue weighted by Crippen LogP contribution is 2.28. The van der Waals surface area contributed by atoms with Gasteiger partial charge in [-0.2, -0.15) is 0 Å². The van der Waals surface area contributed by atoms with Gasteiger partial charge in [-0.15, -0.1) is 0 Å². The topological polar surface area (TPSA) is 33.3 Å². The summed E-state index contributed by atoms with van der Waals surface area (Å²) in [6.07, 6.45) is 4.05. The first-order valence-electron chi connectivity index (χ1n) is 5.83. The van der Waals surface area contributed by atoms with Crippen molar-refractivity contribution in [2.45, 2.75) is 25.3 Å². The van der Waals surface area contributed by atoms with Crippen molar-refractivity contribution in [2.24, 2.45) is 11.8 Å². The van der Waals surface area contributed by atoms with E-state index in [0.29, 0.717) is 6.04 Å². The predicted molar refractivity (Wildman–Crippen MR) is 57.4 cm³/mol. The minimum Gasteiger partial charge on any atom is -0.383 e. The minimum absolute atomic E-state index is 0.611. The lowest BCUT2D eigenvalue weighted by Gasteiger charge is -2.27. The summed E-state index contributed by atoms with van der Waals surface area (Å²) in [5.74, 6) is 1.85. The van der Waals surface area contributed by atoms with Crippen molar-refractivity contribution in [3.05, 3.63) is 0 Å². The molecule has 2 aliphatic rings. The molecular formula is C11H22N2O. The normalized spacial score (nSPS) is 34.9. The Labute approximate surface area is 86.6 Å². The average Bonchev–Trinajstić information content (AvgIpc) is 2.68. The van der Waals surface area contributed by atoms with Gasteiger partial charge in [-0.3, -0.25) is 0 Å². The molecule has 3 heteroatoms. The van der Waals surface area contributed by atoms with E-state index < -0.39 is 0 Å². The van der Waals surface area contributed by atoms with Crippen molar-refractivity contribution >= 4 is 0 Å². The summed E-state index contributed by atoms with van der Waals surface area (Å²) in [5.41, 5.74) is 0. The van der Waals surface area contributed by atoms with Gasteiger partial charge in [0, 0.05) is 13.2 Å². The molecule has 2 heterocycles. The van der Waals surface area contributed by atoms with E-state index in [-0.39, 0.29) is 0 Å². The molecule has 14 heavy (non-hydrogen) atoms. The van der Waals surface area contributed by atoms with E-state index in [1.807, 2.05) is 0 Å². The van der Waals surface area contributed by atoms with E-state index in [0.717, 1.165) is 18.4 Å². The predicted octanol–water partition coefficient (Wildman–Crippen LogP) is 0.611. The van der Waals surface area contributed by atoms with Gasteiger partial charge >= 0.3 is 0 Å². The van der Waals surface area contributed by atoms with Gasteiger partial charge in [0.15, 0.2) is 0 Å². The van der Waals surface area contributed by atoms with E-state index in [9.17, 15) is 0 Å². The average molecular weight is 198 g/mol. The van der Waals surface area contributed by atoms with Gasteiger partial charge in [0.1, 0.15) is 0 Å². The molecule has 0 aromatic rings. The van der Waals surface area contributed by atoms with Crippen molar-refractivity contribution in [2.75, 3.05) is 33.4 Å². The molecule has 2 rings (SSSR count). The molecule has 0 amide bonds. The Morgan fingerprint density at radius 3 is 2.71 bits per heavy atom. The standard InChI is InChI=1S/C11H22N2O/c1-14-8-11-6-10(7-13-11)9-2-4-12-5-3-9/h9-13H,2-8H2,1H3. The van der Waals surface area contributed by atoms with Gasteiger partial charge < -0.3 is 15.4 Å². The van der Waals surface area contributed by atoms with Gasteiger partial charge in [-0.1, -0.05) is 0 Å². The third-order valence-corrected chi connectivity index (χ3v) is 3.67. The highest BCUT2D eigenvalue weighted by atomic mass is 16.5. The lowest BCUT2D eigenvalue weighted by atomic mass is 9.83. The summed E-state index contributed by atoms with van der Waals surface area (Å²) in [7, 11) is 1.79. The number of rotatable bonds is 3. The van der Waals surface area contributed by atoms with Crippen LogP contribution in [-0.2, 0) is 4.74 Å². The van der Waals surface area contributed by atoms with Crippen LogP contribution in [0.4, 0.5) is 0 Å². The Kier molecular flexibility index (Phi) is 3.79. The Bertz CT molecular complexity index is 169. The number of hydrogen-bond donors (Lipinski definition) is 2. The van der Waals surface area contributed by atoms with Gasteiger partial charge in [0.05, 0.1) is 6.61 Å². The van der Waals surface area contributed by atoms with Crippen LogP contribution in [0.1, 0.15) is 19.3 Å². The summed E-state index contributed by atoms with van der Waals surface area (Å²) < 4.78 is 5.19. The smallest absolute Gasteiger partial charge is 0.0615 e. The fourth-order valence-electron chi connectivity index (χ4n) is 2.85. The Morgan fingerprint density at radius 1 is 1.21 bits per heavy atom. The van der Waals surface area contributed by atoms with E-state index in [1.54, 1.807) is 7.11 Å². The van der Waals surface area contributed by atoms with Crippen LogP contribution >= 0.6 is 0 Å². The molecule has 0 spiro atoms. The van der Waals surface area contributed by atoms with Crippen molar-refractivity contribution in [3.8, 4) is 0 Å². The number of nitrogens with one attached hydrogen (secondary N) is 2. The number of hydrogen-bond acceptors (Lipinski definition) is 3. The largest absolute Gasteiger partial charge is 0.383 e. The third-order valence-electron chi connectivity index (χ3n) is 3.67. The highest BCUT2D eigenvalue weighted by Gasteiger charge is 2.30. The minimum atomic E-state index is 0.611. The molecule has 0 aromatic carbocycles. The second kappa shape index (κ2) is 5.10.